The number of hydrogen-bond donors (Lipinski definition) is 1. The largest absolute Gasteiger partial charge is 0.375 e. The molecule has 1 saturated carbocycles. The second-order valence-corrected chi connectivity index (χ2v) is 7.43. The summed E-state index contributed by atoms with van der Waals surface area (Å²) in [6, 6.07) is 6.59. The maximum Gasteiger partial charge on any atom is 0.0685 e. The van der Waals surface area contributed by atoms with Gasteiger partial charge in [-0.2, -0.15) is 0 Å². The molecule has 2 unspecified atom stereocenters. The molecule has 0 radical (unpaired) electrons. The molecule has 1 aromatic carbocycles. The molecule has 1 saturated heterocycles. The first-order chi connectivity index (χ1) is 9.60. The third kappa shape index (κ3) is 2.81. The monoisotopic (exact) mass is 337 g/mol. The van der Waals surface area contributed by atoms with Crippen molar-refractivity contribution in [1.29, 1.82) is 0 Å². The van der Waals surface area contributed by atoms with Gasteiger partial charge in [-0.3, -0.25) is 0 Å². The van der Waals surface area contributed by atoms with Crippen LogP contribution in [-0.2, 0) is 4.74 Å². The minimum Gasteiger partial charge on any atom is -0.375 e. The SMILES string of the molecule is Cc1cc(Br)ccc1C(N)C1CCOC2(CCCC2)C1. The normalized spacial score (nSPS) is 26.9. The molecule has 1 aromatic rings. The van der Waals surface area contributed by atoms with E-state index in [2.05, 4.69) is 41.1 Å². The number of hydrogen-bond acceptors (Lipinski definition) is 2. The third-order valence-electron chi connectivity index (χ3n) is 5.14. The van der Waals surface area contributed by atoms with Crippen LogP contribution in [0.3, 0.4) is 0 Å². The van der Waals surface area contributed by atoms with Crippen LogP contribution in [0.1, 0.15) is 55.7 Å². The minimum absolute atomic E-state index is 0.143. The summed E-state index contributed by atoms with van der Waals surface area (Å²) in [5.41, 5.74) is 9.35. The predicted molar refractivity (Wildman–Crippen MR) is 85.7 cm³/mol. The van der Waals surface area contributed by atoms with Crippen LogP contribution in [-0.4, -0.2) is 12.2 Å². The van der Waals surface area contributed by atoms with Gasteiger partial charge in [0.05, 0.1) is 5.60 Å². The maximum absolute atomic E-state index is 6.60. The molecule has 0 bridgehead atoms. The molecular weight excluding hydrogens is 314 g/mol. The third-order valence-corrected chi connectivity index (χ3v) is 5.64. The van der Waals surface area contributed by atoms with Gasteiger partial charge in [-0.1, -0.05) is 34.8 Å². The van der Waals surface area contributed by atoms with Crippen LogP contribution in [0.4, 0.5) is 0 Å². The summed E-state index contributed by atoms with van der Waals surface area (Å²) in [6.45, 7) is 3.04. The van der Waals surface area contributed by atoms with Crippen molar-refractivity contribution < 1.29 is 4.74 Å². The number of halogens is 1. The highest BCUT2D eigenvalue weighted by atomic mass is 79.9. The molecule has 1 aliphatic heterocycles. The Hall–Kier alpha value is -0.380. The standard InChI is InChI=1S/C17H24BrNO/c1-12-10-14(18)4-5-15(12)16(19)13-6-9-20-17(11-13)7-2-3-8-17/h4-5,10,13,16H,2-3,6-9,11,19H2,1H3. The van der Waals surface area contributed by atoms with E-state index in [1.807, 2.05) is 0 Å². The van der Waals surface area contributed by atoms with Gasteiger partial charge >= 0.3 is 0 Å². The molecular formula is C17H24BrNO. The molecule has 0 amide bonds. The summed E-state index contributed by atoms with van der Waals surface area (Å²) < 4.78 is 7.26. The summed E-state index contributed by atoms with van der Waals surface area (Å²) >= 11 is 3.53. The molecule has 3 rings (SSSR count). The number of nitrogens with two attached hydrogens (primary N) is 1. The molecule has 2 nitrogen and oxygen atoms in total. The highest BCUT2D eigenvalue weighted by Crippen LogP contribution is 2.45. The first-order valence-electron chi connectivity index (χ1n) is 7.75. The van der Waals surface area contributed by atoms with Crippen molar-refractivity contribution in [2.75, 3.05) is 6.61 Å². The second-order valence-electron chi connectivity index (χ2n) is 6.52. The van der Waals surface area contributed by atoms with Crippen LogP contribution >= 0.6 is 15.9 Å². The minimum atomic E-state index is 0.143. The zero-order valence-corrected chi connectivity index (χ0v) is 13.8. The molecule has 110 valence electrons. The Morgan fingerprint density at radius 2 is 2.10 bits per heavy atom. The van der Waals surface area contributed by atoms with E-state index in [1.165, 1.54) is 36.8 Å². The fourth-order valence-electron chi connectivity index (χ4n) is 4.01. The lowest BCUT2D eigenvalue weighted by Gasteiger charge is -2.40. The molecule has 2 aliphatic rings. The van der Waals surface area contributed by atoms with Crippen molar-refractivity contribution in [2.24, 2.45) is 11.7 Å². The van der Waals surface area contributed by atoms with Crippen molar-refractivity contribution in [3.63, 3.8) is 0 Å². The van der Waals surface area contributed by atoms with E-state index in [4.69, 9.17) is 10.5 Å². The van der Waals surface area contributed by atoms with Gasteiger partial charge in [0, 0.05) is 17.1 Å². The lowest BCUT2D eigenvalue weighted by molar-refractivity contribution is -0.0964. The van der Waals surface area contributed by atoms with Crippen LogP contribution in [0.5, 0.6) is 0 Å². The Labute approximate surface area is 130 Å². The quantitative estimate of drug-likeness (QED) is 0.862. The van der Waals surface area contributed by atoms with E-state index in [9.17, 15) is 0 Å². The summed E-state index contributed by atoms with van der Waals surface area (Å²) in [7, 11) is 0. The fourth-order valence-corrected chi connectivity index (χ4v) is 4.48. The van der Waals surface area contributed by atoms with E-state index >= 15 is 0 Å². The van der Waals surface area contributed by atoms with Gasteiger partial charge in [0.2, 0.25) is 0 Å². The van der Waals surface area contributed by atoms with Gasteiger partial charge in [-0.05, 0) is 61.8 Å². The first kappa shape index (κ1) is 14.6. The van der Waals surface area contributed by atoms with Crippen molar-refractivity contribution in [3.8, 4) is 0 Å². The van der Waals surface area contributed by atoms with Crippen molar-refractivity contribution in [2.45, 2.75) is 57.1 Å². The van der Waals surface area contributed by atoms with Gasteiger partial charge in [0.25, 0.3) is 0 Å². The molecule has 0 aromatic heterocycles. The van der Waals surface area contributed by atoms with Crippen LogP contribution in [0.15, 0.2) is 22.7 Å². The molecule has 3 heteroatoms. The van der Waals surface area contributed by atoms with Gasteiger partial charge in [0.1, 0.15) is 0 Å². The lowest BCUT2D eigenvalue weighted by Crippen LogP contribution is -2.40. The number of ether oxygens (including phenoxy) is 1. The molecule has 1 aliphatic carbocycles. The molecule has 2 N–H and O–H groups in total. The predicted octanol–water partition coefficient (Wildman–Crippen LogP) is 4.50. The van der Waals surface area contributed by atoms with E-state index in [0.717, 1.165) is 23.9 Å². The van der Waals surface area contributed by atoms with Gasteiger partial charge in [-0.25, -0.2) is 0 Å². The second kappa shape index (κ2) is 5.78. The summed E-state index contributed by atoms with van der Waals surface area (Å²) in [5, 5.41) is 0. The molecule has 1 heterocycles. The van der Waals surface area contributed by atoms with E-state index in [0.29, 0.717) is 5.92 Å². The molecule has 2 atom stereocenters. The Morgan fingerprint density at radius 3 is 2.80 bits per heavy atom. The van der Waals surface area contributed by atoms with Crippen LogP contribution in [0.25, 0.3) is 0 Å². The molecule has 2 fully saturated rings. The highest BCUT2D eigenvalue weighted by molar-refractivity contribution is 9.10. The van der Waals surface area contributed by atoms with Gasteiger partial charge in [0.15, 0.2) is 0 Å². The first-order valence-corrected chi connectivity index (χ1v) is 8.55. The Morgan fingerprint density at radius 1 is 1.35 bits per heavy atom. The number of rotatable bonds is 2. The Balaban J connectivity index is 1.77. The zero-order chi connectivity index (χ0) is 14.2. The van der Waals surface area contributed by atoms with Crippen molar-refractivity contribution in [1.82, 2.24) is 0 Å². The maximum atomic E-state index is 6.60. The van der Waals surface area contributed by atoms with Crippen molar-refractivity contribution >= 4 is 15.9 Å². The van der Waals surface area contributed by atoms with Crippen LogP contribution in [0, 0.1) is 12.8 Å². The summed E-state index contributed by atoms with van der Waals surface area (Å²) in [6.07, 6.45) is 7.34. The highest BCUT2D eigenvalue weighted by Gasteiger charge is 2.41. The Bertz CT molecular complexity index is 482. The number of benzene rings is 1. The topological polar surface area (TPSA) is 35.2 Å². The average molecular weight is 338 g/mol. The number of aryl methyl sites for hydroxylation is 1. The van der Waals surface area contributed by atoms with E-state index in [1.54, 1.807) is 0 Å². The van der Waals surface area contributed by atoms with Crippen molar-refractivity contribution in [3.05, 3.63) is 33.8 Å². The smallest absolute Gasteiger partial charge is 0.0685 e. The van der Waals surface area contributed by atoms with Crippen LogP contribution < -0.4 is 5.73 Å². The fraction of sp³-hybridized carbons (Fsp3) is 0.647. The Kier molecular flexibility index (Phi) is 4.21. The summed E-state index contributed by atoms with van der Waals surface area (Å²) in [4.78, 5) is 0. The van der Waals surface area contributed by atoms with Crippen LogP contribution in [0.2, 0.25) is 0 Å². The van der Waals surface area contributed by atoms with E-state index < -0.39 is 0 Å². The van der Waals surface area contributed by atoms with Gasteiger partial charge in [-0.15, -0.1) is 0 Å². The van der Waals surface area contributed by atoms with Gasteiger partial charge < -0.3 is 10.5 Å². The molecule has 20 heavy (non-hydrogen) atoms. The summed E-state index contributed by atoms with van der Waals surface area (Å²) in [5.74, 6) is 0.557. The zero-order valence-electron chi connectivity index (χ0n) is 12.2. The average Bonchev–Trinajstić information content (AvgIpc) is 2.86. The molecule has 1 spiro atoms. The van der Waals surface area contributed by atoms with E-state index in [-0.39, 0.29) is 11.6 Å². The lowest BCUT2D eigenvalue weighted by atomic mass is 9.78.